The van der Waals surface area contributed by atoms with Gasteiger partial charge in [0, 0.05) is 18.2 Å². The first-order valence-electron chi connectivity index (χ1n) is 4.28. The van der Waals surface area contributed by atoms with Crippen LogP contribution in [0.1, 0.15) is 27.6 Å². The molecule has 0 aliphatic carbocycles. The molecule has 3 nitrogen and oxygen atoms in total. The van der Waals surface area contributed by atoms with Crippen LogP contribution in [0.15, 0.2) is 24.3 Å². The van der Waals surface area contributed by atoms with Crippen LogP contribution in [-0.2, 0) is 4.74 Å². The van der Waals surface area contributed by atoms with E-state index >= 15 is 0 Å². The molecule has 0 spiro atoms. The zero-order valence-corrected chi connectivity index (χ0v) is 8.24. The molecule has 0 aliphatic heterocycles. The largest absolute Gasteiger partial charge is 0.377 e. The highest BCUT2D eigenvalue weighted by Crippen LogP contribution is 2.05. The second kappa shape index (κ2) is 4.67. The van der Waals surface area contributed by atoms with Crippen molar-refractivity contribution in [1.82, 2.24) is 0 Å². The lowest BCUT2D eigenvalue weighted by atomic mass is 10.1. The quantitative estimate of drug-likeness (QED) is 0.682. The van der Waals surface area contributed by atoms with Gasteiger partial charge in [0.2, 0.25) is 0 Å². The van der Waals surface area contributed by atoms with Crippen LogP contribution in [0.25, 0.3) is 0 Å². The van der Waals surface area contributed by atoms with Gasteiger partial charge in [0.05, 0.1) is 0 Å². The lowest BCUT2D eigenvalue weighted by Crippen LogP contribution is -2.07. The maximum atomic E-state index is 11.3. The summed E-state index contributed by atoms with van der Waals surface area (Å²) in [5.41, 5.74) is 1.18. The van der Waals surface area contributed by atoms with Crippen molar-refractivity contribution in [3.05, 3.63) is 35.4 Å². The van der Waals surface area contributed by atoms with Crippen molar-refractivity contribution in [2.24, 2.45) is 0 Å². The van der Waals surface area contributed by atoms with Crippen LogP contribution in [0.3, 0.4) is 0 Å². The Bertz CT molecular complexity index is 338. The summed E-state index contributed by atoms with van der Waals surface area (Å²) in [5, 5.41) is 0. The number of carbonyl (C=O) groups excluding carboxylic acids is 2. The van der Waals surface area contributed by atoms with E-state index in [9.17, 15) is 9.59 Å². The molecule has 0 radical (unpaired) electrons. The molecule has 0 fully saturated rings. The lowest BCUT2D eigenvalue weighted by Gasteiger charge is -2.00. The van der Waals surface area contributed by atoms with Gasteiger partial charge in [-0.2, -0.15) is 0 Å². The van der Waals surface area contributed by atoms with Crippen LogP contribution in [-0.4, -0.2) is 25.3 Å². The summed E-state index contributed by atoms with van der Waals surface area (Å²) >= 11 is 0. The molecule has 0 aliphatic rings. The van der Waals surface area contributed by atoms with E-state index in [2.05, 4.69) is 0 Å². The summed E-state index contributed by atoms with van der Waals surface area (Å²) in [5.74, 6) is -0.0849. The predicted molar refractivity (Wildman–Crippen MR) is 52.7 cm³/mol. The third-order valence-electron chi connectivity index (χ3n) is 1.89. The van der Waals surface area contributed by atoms with Crippen molar-refractivity contribution >= 4 is 11.6 Å². The Morgan fingerprint density at radius 3 is 2.07 bits per heavy atom. The Kier molecular flexibility index (Phi) is 3.54. The number of Topliss-reactive ketones (excluding diaryl/α,β-unsaturated/α-hetero) is 2. The maximum Gasteiger partial charge on any atom is 0.188 e. The van der Waals surface area contributed by atoms with Crippen LogP contribution in [0.5, 0.6) is 0 Å². The minimum absolute atomic E-state index is 0.00394. The van der Waals surface area contributed by atoms with Gasteiger partial charge in [-0.05, 0) is 6.92 Å². The first kappa shape index (κ1) is 10.6. The Balaban J connectivity index is 2.83. The molecule has 0 saturated carbocycles. The molecule has 0 aromatic heterocycles. The fourth-order valence-electron chi connectivity index (χ4n) is 1.11. The molecule has 0 bridgehead atoms. The Hall–Kier alpha value is -1.48. The first-order chi connectivity index (χ1) is 6.65. The van der Waals surface area contributed by atoms with E-state index in [1.54, 1.807) is 24.3 Å². The smallest absolute Gasteiger partial charge is 0.188 e. The van der Waals surface area contributed by atoms with Crippen molar-refractivity contribution in [3.8, 4) is 0 Å². The van der Waals surface area contributed by atoms with Crippen LogP contribution in [0, 0.1) is 0 Å². The average molecular weight is 192 g/mol. The highest BCUT2D eigenvalue weighted by Gasteiger charge is 2.05. The minimum atomic E-state index is -0.0809. The Morgan fingerprint density at radius 2 is 1.64 bits per heavy atom. The van der Waals surface area contributed by atoms with Crippen LogP contribution >= 0.6 is 0 Å². The summed E-state index contributed by atoms with van der Waals surface area (Å²) in [6.45, 7) is 1.56. The average Bonchev–Trinajstić information content (AvgIpc) is 2.18. The molecule has 0 amide bonds. The van der Waals surface area contributed by atoms with Gasteiger partial charge in [0.15, 0.2) is 11.6 Å². The maximum absolute atomic E-state index is 11.3. The van der Waals surface area contributed by atoms with E-state index in [0.717, 1.165) is 0 Å². The summed E-state index contributed by atoms with van der Waals surface area (Å²) in [4.78, 5) is 22.3. The van der Waals surface area contributed by atoms with Crippen LogP contribution in [0.4, 0.5) is 0 Å². The molecule has 14 heavy (non-hydrogen) atoms. The number of ketones is 2. The third-order valence-corrected chi connectivity index (χ3v) is 1.89. The molecule has 0 heterocycles. The minimum Gasteiger partial charge on any atom is -0.377 e. The van der Waals surface area contributed by atoms with Gasteiger partial charge in [-0.25, -0.2) is 0 Å². The SMILES string of the molecule is COCC(=O)c1ccc(C(C)=O)cc1. The molecule has 0 N–H and O–H groups in total. The van der Waals surface area contributed by atoms with Gasteiger partial charge >= 0.3 is 0 Å². The van der Waals surface area contributed by atoms with Gasteiger partial charge in [0.25, 0.3) is 0 Å². The van der Waals surface area contributed by atoms with Crippen molar-refractivity contribution in [3.63, 3.8) is 0 Å². The molecule has 74 valence electrons. The van der Waals surface area contributed by atoms with Crippen molar-refractivity contribution < 1.29 is 14.3 Å². The number of carbonyl (C=O) groups is 2. The zero-order chi connectivity index (χ0) is 10.6. The number of methoxy groups -OCH3 is 1. The predicted octanol–water partition coefficient (Wildman–Crippen LogP) is 1.72. The van der Waals surface area contributed by atoms with E-state index in [4.69, 9.17) is 4.74 Å². The number of hydrogen-bond donors (Lipinski definition) is 0. The fraction of sp³-hybridized carbons (Fsp3) is 0.273. The molecule has 0 atom stereocenters. The summed E-state index contributed by atoms with van der Waals surface area (Å²) in [6, 6.07) is 6.56. The van der Waals surface area contributed by atoms with Crippen molar-refractivity contribution in [2.75, 3.05) is 13.7 Å². The molecule has 1 aromatic rings. The Morgan fingerprint density at radius 1 is 1.14 bits per heavy atom. The highest BCUT2D eigenvalue weighted by molar-refractivity contribution is 5.99. The number of benzene rings is 1. The van der Waals surface area contributed by atoms with E-state index in [0.29, 0.717) is 11.1 Å². The van der Waals surface area contributed by atoms with Crippen molar-refractivity contribution in [1.29, 1.82) is 0 Å². The Labute approximate surface area is 82.7 Å². The van der Waals surface area contributed by atoms with Gasteiger partial charge in [-0.3, -0.25) is 9.59 Å². The number of rotatable bonds is 4. The van der Waals surface area contributed by atoms with E-state index in [-0.39, 0.29) is 18.2 Å². The van der Waals surface area contributed by atoms with Gasteiger partial charge in [-0.1, -0.05) is 24.3 Å². The first-order valence-corrected chi connectivity index (χ1v) is 4.28. The zero-order valence-electron chi connectivity index (χ0n) is 8.24. The van der Waals surface area contributed by atoms with Crippen LogP contribution < -0.4 is 0 Å². The second-order valence-electron chi connectivity index (χ2n) is 2.99. The van der Waals surface area contributed by atoms with E-state index < -0.39 is 0 Å². The fourth-order valence-corrected chi connectivity index (χ4v) is 1.11. The van der Waals surface area contributed by atoms with Gasteiger partial charge in [0.1, 0.15) is 6.61 Å². The summed E-state index contributed by atoms with van der Waals surface area (Å²) in [7, 11) is 1.47. The van der Waals surface area contributed by atoms with Gasteiger partial charge < -0.3 is 4.74 Å². The third kappa shape index (κ3) is 2.50. The molecule has 0 saturated heterocycles. The van der Waals surface area contributed by atoms with Gasteiger partial charge in [-0.15, -0.1) is 0 Å². The molecule has 1 aromatic carbocycles. The normalized spacial score (nSPS) is 9.86. The number of hydrogen-bond acceptors (Lipinski definition) is 3. The summed E-state index contributed by atoms with van der Waals surface area (Å²) in [6.07, 6.45) is 0. The number of ether oxygens (including phenoxy) is 1. The van der Waals surface area contributed by atoms with Crippen LogP contribution in [0.2, 0.25) is 0 Å². The molecule has 1 rings (SSSR count). The second-order valence-corrected chi connectivity index (χ2v) is 2.99. The molecule has 0 unspecified atom stereocenters. The van der Waals surface area contributed by atoms with E-state index in [1.165, 1.54) is 14.0 Å². The molecular weight excluding hydrogens is 180 g/mol. The standard InChI is InChI=1S/C11H12O3/c1-8(12)9-3-5-10(6-4-9)11(13)7-14-2/h3-6H,7H2,1-2H3. The molecule has 3 heteroatoms. The molecular formula is C11H12O3. The summed E-state index contributed by atoms with van der Waals surface area (Å²) < 4.78 is 4.72. The lowest BCUT2D eigenvalue weighted by molar-refractivity contribution is 0.0847. The highest BCUT2D eigenvalue weighted by atomic mass is 16.5. The van der Waals surface area contributed by atoms with Crippen molar-refractivity contribution in [2.45, 2.75) is 6.92 Å². The monoisotopic (exact) mass is 192 g/mol. The topological polar surface area (TPSA) is 43.4 Å². The van der Waals surface area contributed by atoms with E-state index in [1.807, 2.05) is 0 Å².